The standard InChI is InChI=1S/C24H47NO2.BrH.H3N/c1-5-6-7-8-9-10-11-12-13-14-15-16-17-18-19-20-23(2)24(26)27-22-21-25(3)4;;/h20H,5-19,21-22H2,1-4H3;1H;1H3. The van der Waals surface area contributed by atoms with Gasteiger partial charge in [-0.05, 0) is 33.9 Å². The fourth-order valence-corrected chi connectivity index (χ4v) is 3.18. The lowest BCUT2D eigenvalue weighted by molar-refractivity contribution is -0.139. The second-order valence-electron chi connectivity index (χ2n) is 8.21. The van der Waals surface area contributed by atoms with Crippen molar-refractivity contribution >= 4 is 23.0 Å². The lowest BCUT2D eigenvalue weighted by Gasteiger charge is -2.10. The number of hydrogen-bond donors (Lipinski definition) is 1. The van der Waals surface area contributed by atoms with E-state index in [2.05, 4.69) is 6.92 Å². The van der Waals surface area contributed by atoms with Crippen molar-refractivity contribution < 1.29 is 9.53 Å². The van der Waals surface area contributed by atoms with Crippen molar-refractivity contribution in [3.63, 3.8) is 0 Å². The summed E-state index contributed by atoms with van der Waals surface area (Å²) in [6.45, 7) is 5.39. The van der Waals surface area contributed by atoms with Crippen molar-refractivity contribution in [2.45, 2.75) is 110 Å². The highest BCUT2D eigenvalue weighted by Crippen LogP contribution is 2.13. The third-order valence-corrected chi connectivity index (χ3v) is 5.10. The quantitative estimate of drug-likeness (QED) is 0.117. The van der Waals surface area contributed by atoms with Gasteiger partial charge in [0.05, 0.1) is 0 Å². The third-order valence-electron chi connectivity index (χ3n) is 5.10. The Hall–Kier alpha value is -0.390. The summed E-state index contributed by atoms with van der Waals surface area (Å²) in [5, 5.41) is 0. The minimum atomic E-state index is -0.165. The van der Waals surface area contributed by atoms with E-state index in [4.69, 9.17) is 4.74 Å². The number of ether oxygens (including phenoxy) is 1. The zero-order valence-corrected chi connectivity index (χ0v) is 21.7. The molecule has 0 aliphatic rings. The number of rotatable bonds is 19. The Morgan fingerprint density at radius 1 is 0.793 bits per heavy atom. The highest BCUT2D eigenvalue weighted by atomic mass is 79.9. The minimum absolute atomic E-state index is 0. The van der Waals surface area contributed by atoms with Gasteiger partial charge in [0, 0.05) is 12.1 Å². The van der Waals surface area contributed by atoms with Crippen LogP contribution in [0.5, 0.6) is 0 Å². The predicted octanol–water partition coefficient (Wildman–Crippen LogP) is 7.65. The van der Waals surface area contributed by atoms with Gasteiger partial charge in [0.1, 0.15) is 6.61 Å². The topological polar surface area (TPSA) is 64.5 Å². The van der Waals surface area contributed by atoms with Crippen LogP contribution in [0.3, 0.4) is 0 Å². The number of nitrogens with zero attached hydrogens (tertiary/aromatic N) is 1. The normalized spacial score (nSPS) is 11.1. The average Bonchev–Trinajstić information content (AvgIpc) is 2.64. The summed E-state index contributed by atoms with van der Waals surface area (Å²) < 4.78 is 5.24. The molecular weight excluding hydrogens is 428 g/mol. The van der Waals surface area contributed by atoms with E-state index in [0.29, 0.717) is 6.61 Å². The number of allylic oxidation sites excluding steroid dienone is 1. The summed E-state index contributed by atoms with van der Waals surface area (Å²) in [4.78, 5) is 13.8. The summed E-state index contributed by atoms with van der Waals surface area (Å²) in [5.74, 6) is -0.165. The average molecular weight is 480 g/mol. The Morgan fingerprint density at radius 2 is 1.21 bits per heavy atom. The first-order chi connectivity index (χ1) is 13.1. The van der Waals surface area contributed by atoms with Crippen LogP contribution in [0, 0.1) is 0 Å². The molecule has 0 amide bonds. The van der Waals surface area contributed by atoms with Crippen LogP contribution < -0.4 is 6.15 Å². The second kappa shape index (κ2) is 25.6. The maximum absolute atomic E-state index is 11.8. The van der Waals surface area contributed by atoms with Crippen molar-refractivity contribution in [1.29, 1.82) is 0 Å². The molecule has 0 saturated carbocycles. The number of unbranched alkanes of at least 4 members (excludes halogenated alkanes) is 14. The fraction of sp³-hybridized carbons (Fsp3) is 0.875. The van der Waals surface area contributed by atoms with Gasteiger partial charge in [0.25, 0.3) is 0 Å². The summed E-state index contributed by atoms with van der Waals surface area (Å²) in [7, 11) is 3.96. The molecule has 0 aliphatic carbocycles. The number of esters is 1. The van der Waals surface area contributed by atoms with Crippen molar-refractivity contribution in [2.24, 2.45) is 0 Å². The van der Waals surface area contributed by atoms with Crippen LogP contribution >= 0.6 is 17.0 Å². The Kier molecular flexibility index (Phi) is 29.4. The number of carbonyl (C=O) groups is 1. The predicted molar refractivity (Wildman–Crippen MR) is 134 cm³/mol. The molecule has 0 bridgehead atoms. The molecule has 0 aromatic carbocycles. The minimum Gasteiger partial charge on any atom is -0.461 e. The molecule has 3 N–H and O–H groups in total. The van der Waals surface area contributed by atoms with E-state index in [-0.39, 0.29) is 29.1 Å². The molecule has 0 rings (SSSR count). The summed E-state index contributed by atoms with van der Waals surface area (Å²) >= 11 is 0. The van der Waals surface area contributed by atoms with Gasteiger partial charge in [-0.15, -0.1) is 17.0 Å². The fourth-order valence-electron chi connectivity index (χ4n) is 3.18. The Balaban J connectivity index is -0.00000338. The maximum Gasteiger partial charge on any atom is 0.333 e. The van der Waals surface area contributed by atoms with Crippen LogP contribution in [-0.4, -0.2) is 38.1 Å². The van der Waals surface area contributed by atoms with Gasteiger partial charge < -0.3 is 15.8 Å². The van der Waals surface area contributed by atoms with Gasteiger partial charge in [-0.3, -0.25) is 0 Å². The molecule has 4 nitrogen and oxygen atoms in total. The SMILES string of the molecule is Br.CCCCCCCCCCCCCCCCC=C(C)C(=O)OCCN(C)C.N. The van der Waals surface area contributed by atoms with Crippen LogP contribution in [0.1, 0.15) is 110 Å². The molecule has 5 heteroatoms. The van der Waals surface area contributed by atoms with E-state index in [1.165, 1.54) is 89.9 Å². The van der Waals surface area contributed by atoms with E-state index >= 15 is 0 Å². The molecule has 0 radical (unpaired) electrons. The molecule has 176 valence electrons. The molecule has 0 fully saturated rings. The monoisotopic (exact) mass is 478 g/mol. The lowest BCUT2D eigenvalue weighted by atomic mass is 10.0. The number of carbonyl (C=O) groups excluding carboxylic acids is 1. The summed E-state index contributed by atoms with van der Waals surface area (Å²) in [6.07, 6.45) is 22.4. The summed E-state index contributed by atoms with van der Waals surface area (Å²) in [6, 6.07) is 0. The third kappa shape index (κ3) is 25.6. The van der Waals surface area contributed by atoms with Crippen molar-refractivity contribution in [3.8, 4) is 0 Å². The van der Waals surface area contributed by atoms with E-state index < -0.39 is 0 Å². The Morgan fingerprint density at radius 3 is 1.62 bits per heavy atom. The largest absolute Gasteiger partial charge is 0.461 e. The smallest absolute Gasteiger partial charge is 0.333 e. The van der Waals surface area contributed by atoms with Gasteiger partial charge in [-0.25, -0.2) is 4.79 Å². The molecule has 0 aromatic heterocycles. The van der Waals surface area contributed by atoms with Gasteiger partial charge >= 0.3 is 5.97 Å². The van der Waals surface area contributed by atoms with Crippen LogP contribution in [0.25, 0.3) is 0 Å². The van der Waals surface area contributed by atoms with E-state index in [1.807, 2.05) is 32.0 Å². The number of halogens is 1. The molecule has 0 aromatic rings. The molecular formula is C24H51BrN2O2. The molecule has 0 saturated heterocycles. The molecule has 0 atom stereocenters. The van der Waals surface area contributed by atoms with Gasteiger partial charge in [-0.1, -0.05) is 96.5 Å². The maximum atomic E-state index is 11.8. The number of hydrogen-bond acceptors (Lipinski definition) is 4. The molecule has 0 heterocycles. The highest BCUT2D eigenvalue weighted by Gasteiger charge is 2.05. The van der Waals surface area contributed by atoms with Crippen molar-refractivity contribution in [3.05, 3.63) is 11.6 Å². The van der Waals surface area contributed by atoms with Gasteiger partial charge in [0.2, 0.25) is 0 Å². The first kappa shape index (κ1) is 33.3. The van der Waals surface area contributed by atoms with Crippen LogP contribution in [-0.2, 0) is 9.53 Å². The zero-order valence-electron chi connectivity index (χ0n) is 20.0. The highest BCUT2D eigenvalue weighted by molar-refractivity contribution is 8.93. The molecule has 29 heavy (non-hydrogen) atoms. The molecule has 0 spiro atoms. The lowest BCUT2D eigenvalue weighted by Crippen LogP contribution is -2.20. The van der Waals surface area contributed by atoms with Crippen LogP contribution in [0.15, 0.2) is 11.6 Å². The number of likely N-dealkylation sites (N-methyl/N-ethyl adjacent to an activating group) is 1. The van der Waals surface area contributed by atoms with Gasteiger partial charge in [-0.2, -0.15) is 0 Å². The Labute approximate surface area is 192 Å². The molecule has 0 unspecified atom stereocenters. The first-order valence-corrected chi connectivity index (χ1v) is 11.6. The summed E-state index contributed by atoms with van der Waals surface area (Å²) in [5.41, 5.74) is 0.753. The van der Waals surface area contributed by atoms with Crippen LogP contribution in [0.2, 0.25) is 0 Å². The van der Waals surface area contributed by atoms with E-state index in [9.17, 15) is 4.79 Å². The van der Waals surface area contributed by atoms with Crippen molar-refractivity contribution in [2.75, 3.05) is 27.2 Å². The first-order valence-electron chi connectivity index (χ1n) is 11.6. The van der Waals surface area contributed by atoms with Gasteiger partial charge in [0.15, 0.2) is 0 Å². The van der Waals surface area contributed by atoms with E-state index in [1.54, 1.807) is 0 Å². The van der Waals surface area contributed by atoms with E-state index in [0.717, 1.165) is 18.5 Å². The van der Waals surface area contributed by atoms with Crippen LogP contribution in [0.4, 0.5) is 0 Å². The Bertz CT molecular complexity index is 374. The second-order valence-corrected chi connectivity index (χ2v) is 8.21. The molecule has 0 aliphatic heterocycles. The van der Waals surface area contributed by atoms with Crippen molar-refractivity contribution in [1.82, 2.24) is 11.1 Å². The zero-order chi connectivity index (χ0) is 20.2.